The molecule has 0 unspecified atom stereocenters. The lowest BCUT2D eigenvalue weighted by atomic mass is 10.1. The van der Waals surface area contributed by atoms with Gasteiger partial charge in [-0.2, -0.15) is 0 Å². The molecule has 1 nitrogen and oxygen atoms in total. The van der Waals surface area contributed by atoms with E-state index < -0.39 is 12.5 Å². The Morgan fingerprint density at radius 2 is 2.00 bits per heavy atom. The molecule has 2 N–H and O–H groups in total. The van der Waals surface area contributed by atoms with E-state index in [2.05, 4.69) is 15.9 Å². The third kappa shape index (κ3) is 2.62. The SMILES string of the molecule is N[C@H](c1ccc(Cl)cc1Br)C(F)F. The molecule has 0 aromatic heterocycles. The van der Waals surface area contributed by atoms with Gasteiger partial charge in [0.2, 0.25) is 0 Å². The molecule has 1 atom stereocenters. The first kappa shape index (κ1) is 10.9. The molecule has 0 radical (unpaired) electrons. The number of hydrogen-bond acceptors (Lipinski definition) is 1. The molecule has 0 saturated carbocycles. The largest absolute Gasteiger partial charge is 0.319 e. The van der Waals surface area contributed by atoms with Gasteiger partial charge in [0.25, 0.3) is 6.43 Å². The van der Waals surface area contributed by atoms with Crippen LogP contribution in [0.25, 0.3) is 0 Å². The van der Waals surface area contributed by atoms with E-state index in [-0.39, 0.29) is 0 Å². The molecule has 0 aliphatic heterocycles. The maximum absolute atomic E-state index is 12.2. The van der Waals surface area contributed by atoms with Gasteiger partial charge in [0.15, 0.2) is 0 Å². The monoisotopic (exact) mass is 269 g/mol. The molecule has 1 aromatic rings. The van der Waals surface area contributed by atoms with E-state index in [1.54, 1.807) is 6.07 Å². The minimum atomic E-state index is -2.57. The summed E-state index contributed by atoms with van der Waals surface area (Å²) in [5.74, 6) is 0. The first-order valence-electron chi connectivity index (χ1n) is 3.51. The van der Waals surface area contributed by atoms with Crippen molar-refractivity contribution < 1.29 is 8.78 Å². The fourth-order valence-electron chi connectivity index (χ4n) is 0.908. The van der Waals surface area contributed by atoms with Crippen molar-refractivity contribution >= 4 is 27.5 Å². The minimum Gasteiger partial charge on any atom is -0.319 e. The average molecular weight is 271 g/mol. The van der Waals surface area contributed by atoms with Crippen LogP contribution in [0.1, 0.15) is 11.6 Å². The fourth-order valence-corrected chi connectivity index (χ4v) is 1.85. The number of benzene rings is 1. The number of nitrogens with two attached hydrogens (primary N) is 1. The lowest BCUT2D eigenvalue weighted by Gasteiger charge is -2.12. The van der Waals surface area contributed by atoms with Crippen molar-refractivity contribution in [1.82, 2.24) is 0 Å². The molecule has 0 spiro atoms. The van der Waals surface area contributed by atoms with Gasteiger partial charge in [-0.25, -0.2) is 8.78 Å². The molecular formula is C8H7BrClF2N. The molecule has 0 saturated heterocycles. The van der Waals surface area contributed by atoms with Gasteiger partial charge < -0.3 is 5.73 Å². The van der Waals surface area contributed by atoms with Crippen LogP contribution in [0.2, 0.25) is 5.02 Å². The van der Waals surface area contributed by atoms with Crippen molar-refractivity contribution in [3.8, 4) is 0 Å². The zero-order valence-electron chi connectivity index (χ0n) is 6.48. The van der Waals surface area contributed by atoms with Crippen molar-refractivity contribution in [1.29, 1.82) is 0 Å². The molecule has 0 fully saturated rings. The van der Waals surface area contributed by atoms with Crippen LogP contribution in [0, 0.1) is 0 Å². The number of rotatable bonds is 2. The summed E-state index contributed by atoms with van der Waals surface area (Å²) in [7, 11) is 0. The van der Waals surface area contributed by atoms with Gasteiger partial charge in [-0.15, -0.1) is 0 Å². The predicted octanol–water partition coefficient (Wildman–Crippen LogP) is 3.37. The molecule has 0 amide bonds. The molecule has 0 bridgehead atoms. The van der Waals surface area contributed by atoms with Crippen LogP contribution in [0.3, 0.4) is 0 Å². The van der Waals surface area contributed by atoms with Gasteiger partial charge in [0.05, 0.1) is 6.04 Å². The van der Waals surface area contributed by atoms with E-state index in [1.807, 2.05) is 0 Å². The van der Waals surface area contributed by atoms with Crippen LogP contribution in [-0.2, 0) is 0 Å². The molecule has 0 aliphatic rings. The smallest absolute Gasteiger partial charge is 0.257 e. The van der Waals surface area contributed by atoms with E-state index in [0.29, 0.717) is 15.1 Å². The normalized spacial score (nSPS) is 13.4. The first-order chi connectivity index (χ1) is 6.02. The molecular weight excluding hydrogens is 263 g/mol. The summed E-state index contributed by atoms with van der Waals surface area (Å²) < 4.78 is 24.9. The maximum atomic E-state index is 12.2. The fraction of sp³-hybridized carbons (Fsp3) is 0.250. The Bertz CT molecular complexity index is 306. The van der Waals surface area contributed by atoms with Crippen molar-refractivity contribution in [3.05, 3.63) is 33.3 Å². The molecule has 0 heterocycles. The third-order valence-corrected chi connectivity index (χ3v) is 2.51. The van der Waals surface area contributed by atoms with E-state index >= 15 is 0 Å². The van der Waals surface area contributed by atoms with Crippen LogP contribution in [-0.4, -0.2) is 6.43 Å². The number of alkyl halides is 2. The zero-order valence-corrected chi connectivity index (χ0v) is 8.82. The third-order valence-electron chi connectivity index (χ3n) is 1.59. The lowest BCUT2D eigenvalue weighted by molar-refractivity contribution is 0.116. The van der Waals surface area contributed by atoms with Crippen LogP contribution in [0.4, 0.5) is 8.78 Å². The second-order valence-electron chi connectivity index (χ2n) is 2.53. The Balaban J connectivity index is 3.01. The van der Waals surface area contributed by atoms with Crippen molar-refractivity contribution in [2.45, 2.75) is 12.5 Å². The molecule has 72 valence electrons. The van der Waals surface area contributed by atoms with Crippen molar-refractivity contribution in [2.24, 2.45) is 5.73 Å². The Hall–Kier alpha value is -0.190. The van der Waals surface area contributed by atoms with Crippen LogP contribution in [0.15, 0.2) is 22.7 Å². The minimum absolute atomic E-state index is 0.361. The standard InChI is InChI=1S/C8H7BrClF2N/c9-6-3-4(10)1-2-5(6)7(13)8(11)12/h1-3,7-8H,13H2/t7-/m1/s1. The Kier molecular flexibility index (Phi) is 3.64. The highest BCUT2D eigenvalue weighted by Crippen LogP contribution is 2.28. The highest BCUT2D eigenvalue weighted by atomic mass is 79.9. The second kappa shape index (κ2) is 4.35. The number of hydrogen-bond donors (Lipinski definition) is 1. The van der Waals surface area contributed by atoms with Gasteiger partial charge in [0, 0.05) is 9.50 Å². The number of halogens is 4. The van der Waals surface area contributed by atoms with E-state index in [9.17, 15) is 8.78 Å². The molecule has 0 aliphatic carbocycles. The second-order valence-corrected chi connectivity index (χ2v) is 3.82. The highest BCUT2D eigenvalue weighted by Gasteiger charge is 2.19. The summed E-state index contributed by atoms with van der Waals surface area (Å²) in [6, 6.07) is 3.29. The van der Waals surface area contributed by atoms with Gasteiger partial charge in [0.1, 0.15) is 0 Å². The summed E-state index contributed by atoms with van der Waals surface area (Å²) in [6.07, 6.45) is -2.57. The maximum Gasteiger partial charge on any atom is 0.257 e. The summed E-state index contributed by atoms with van der Waals surface area (Å²) in [6.45, 7) is 0. The Morgan fingerprint density at radius 3 is 2.46 bits per heavy atom. The zero-order chi connectivity index (χ0) is 10.0. The van der Waals surface area contributed by atoms with Gasteiger partial charge in [-0.1, -0.05) is 33.6 Å². The molecule has 13 heavy (non-hydrogen) atoms. The molecule has 5 heteroatoms. The van der Waals surface area contributed by atoms with Crippen molar-refractivity contribution in [2.75, 3.05) is 0 Å². The average Bonchev–Trinajstić information content (AvgIpc) is 2.03. The Morgan fingerprint density at radius 1 is 1.38 bits per heavy atom. The summed E-state index contributed by atoms with van der Waals surface area (Å²) in [5.41, 5.74) is 5.63. The van der Waals surface area contributed by atoms with Gasteiger partial charge in [-0.05, 0) is 17.7 Å². The van der Waals surface area contributed by atoms with Crippen LogP contribution in [0.5, 0.6) is 0 Å². The topological polar surface area (TPSA) is 26.0 Å². The first-order valence-corrected chi connectivity index (χ1v) is 4.68. The van der Waals surface area contributed by atoms with Crippen molar-refractivity contribution in [3.63, 3.8) is 0 Å². The molecule has 1 aromatic carbocycles. The predicted molar refractivity (Wildman–Crippen MR) is 52.1 cm³/mol. The highest BCUT2D eigenvalue weighted by molar-refractivity contribution is 9.10. The lowest BCUT2D eigenvalue weighted by Crippen LogP contribution is -2.19. The van der Waals surface area contributed by atoms with E-state index in [4.69, 9.17) is 17.3 Å². The van der Waals surface area contributed by atoms with E-state index in [0.717, 1.165) is 0 Å². The van der Waals surface area contributed by atoms with Crippen LogP contribution >= 0.6 is 27.5 Å². The summed E-state index contributed by atoms with van der Waals surface area (Å²) in [5, 5.41) is 0.483. The van der Waals surface area contributed by atoms with E-state index in [1.165, 1.54) is 12.1 Å². The summed E-state index contributed by atoms with van der Waals surface area (Å²) >= 11 is 8.76. The summed E-state index contributed by atoms with van der Waals surface area (Å²) in [4.78, 5) is 0. The molecule has 1 rings (SSSR count). The van der Waals surface area contributed by atoms with Gasteiger partial charge in [-0.3, -0.25) is 0 Å². The van der Waals surface area contributed by atoms with Crippen LogP contribution < -0.4 is 5.73 Å². The quantitative estimate of drug-likeness (QED) is 0.876. The Labute approximate surface area is 88.0 Å². The van der Waals surface area contributed by atoms with Gasteiger partial charge >= 0.3 is 0 Å².